The van der Waals surface area contributed by atoms with Gasteiger partial charge in [-0.1, -0.05) is 0 Å². The highest BCUT2D eigenvalue weighted by atomic mass is 32.2. The third kappa shape index (κ3) is 3.81. The van der Waals surface area contributed by atoms with E-state index in [1.165, 1.54) is 22.3 Å². The normalized spacial score (nSPS) is 21.6. The van der Waals surface area contributed by atoms with E-state index in [1.807, 2.05) is 4.90 Å². The summed E-state index contributed by atoms with van der Waals surface area (Å²) in [5.41, 5.74) is 0. The lowest BCUT2D eigenvalue weighted by Gasteiger charge is -2.38. The van der Waals surface area contributed by atoms with Gasteiger partial charge in [-0.05, 0) is 12.8 Å². The molecule has 0 atom stereocenters. The fourth-order valence-electron chi connectivity index (χ4n) is 3.15. The Balaban J connectivity index is 1.50. The van der Waals surface area contributed by atoms with Crippen LogP contribution in [0, 0.1) is 5.92 Å². The van der Waals surface area contributed by atoms with E-state index in [0.29, 0.717) is 39.0 Å². The van der Waals surface area contributed by atoms with Crippen LogP contribution in [0.25, 0.3) is 0 Å². The fraction of sp³-hybridized carbons (Fsp3) is 0.769. The van der Waals surface area contributed by atoms with E-state index in [-0.39, 0.29) is 11.8 Å². The molecule has 3 rings (SSSR count). The van der Waals surface area contributed by atoms with E-state index in [0.717, 1.165) is 18.9 Å². The van der Waals surface area contributed by atoms with Crippen LogP contribution in [0.15, 0.2) is 6.20 Å². The van der Waals surface area contributed by atoms with Crippen LogP contribution in [0.2, 0.25) is 0 Å². The van der Waals surface area contributed by atoms with Crippen molar-refractivity contribution in [2.24, 2.45) is 5.92 Å². The minimum atomic E-state index is -3.14. The molecule has 2 aliphatic heterocycles. The number of hydrogen-bond acceptors (Lipinski definition) is 7. The Bertz CT molecular complexity index is 633. The molecule has 0 aromatic carbocycles. The highest BCUT2D eigenvalue weighted by Gasteiger charge is 2.32. The van der Waals surface area contributed by atoms with Crippen LogP contribution >= 0.6 is 11.7 Å². The average molecular weight is 359 g/mol. The largest absolute Gasteiger partial charge is 0.351 e. The molecule has 8 nitrogen and oxygen atoms in total. The van der Waals surface area contributed by atoms with E-state index in [1.54, 1.807) is 6.20 Å². The molecule has 3 heterocycles. The summed E-state index contributed by atoms with van der Waals surface area (Å²) in [7, 11) is -3.14. The molecule has 2 aliphatic rings. The summed E-state index contributed by atoms with van der Waals surface area (Å²) in [6.07, 6.45) is 4.20. The number of carbonyl (C=O) groups excluding carboxylic acids is 1. The number of carbonyl (C=O) groups is 1. The molecule has 23 heavy (non-hydrogen) atoms. The zero-order chi connectivity index (χ0) is 16.4. The summed E-state index contributed by atoms with van der Waals surface area (Å²) in [6, 6.07) is 0. The Morgan fingerprint density at radius 1 is 1.17 bits per heavy atom. The minimum absolute atomic E-state index is 0.0551. The molecule has 0 spiro atoms. The topological polar surface area (TPSA) is 86.7 Å². The molecule has 0 unspecified atom stereocenters. The Morgan fingerprint density at radius 2 is 1.83 bits per heavy atom. The molecule has 128 valence electrons. The number of amides is 1. The van der Waals surface area contributed by atoms with Gasteiger partial charge in [0, 0.05) is 45.2 Å². The van der Waals surface area contributed by atoms with Crippen LogP contribution < -0.4 is 4.90 Å². The highest BCUT2D eigenvalue weighted by Crippen LogP contribution is 2.22. The number of piperidine rings is 1. The van der Waals surface area contributed by atoms with Crippen LogP contribution in [-0.2, 0) is 14.8 Å². The fourth-order valence-corrected chi connectivity index (χ4v) is 4.46. The lowest BCUT2D eigenvalue weighted by atomic mass is 9.96. The highest BCUT2D eigenvalue weighted by molar-refractivity contribution is 7.88. The maximum atomic E-state index is 12.6. The number of rotatable bonds is 3. The number of piperazine rings is 1. The van der Waals surface area contributed by atoms with Gasteiger partial charge >= 0.3 is 0 Å². The molecular formula is C13H21N5O3S2. The summed E-state index contributed by atoms with van der Waals surface area (Å²) in [5, 5.41) is 0. The molecule has 0 aliphatic carbocycles. The van der Waals surface area contributed by atoms with Gasteiger partial charge in [0.1, 0.15) is 0 Å². The van der Waals surface area contributed by atoms with Crippen LogP contribution in [-0.4, -0.2) is 77.8 Å². The summed E-state index contributed by atoms with van der Waals surface area (Å²) < 4.78 is 32.7. The molecule has 0 saturated carbocycles. The predicted molar refractivity (Wildman–Crippen MR) is 87.8 cm³/mol. The van der Waals surface area contributed by atoms with Gasteiger partial charge in [-0.25, -0.2) is 12.7 Å². The standard InChI is InChI=1S/C13H21N5O3S2/c1-23(20,21)18-4-2-11(3-5-18)13(19)17-8-6-16(7-9-17)12-10-14-22-15-12/h10-11H,2-9H2,1H3. The smallest absolute Gasteiger partial charge is 0.225 e. The number of sulfonamides is 1. The number of aromatic nitrogens is 2. The molecule has 1 amide bonds. The first-order chi connectivity index (χ1) is 10.9. The average Bonchev–Trinajstić information content (AvgIpc) is 3.08. The lowest BCUT2D eigenvalue weighted by Crippen LogP contribution is -2.52. The first-order valence-corrected chi connectivity index (χ1v) is 10.3. The number of anilines is 1. The molecule has 2 fully saturated rings. The van der Waals surface area contributed by atoms with E-state index in [4.69, 9.17) is 0 Å². The van der Waals surface area contributed by atoms with E-state index in [9.17, 15) is 13.2 Å². The summed E-state index contributed by atoms with van der Waals surface area (Å²) in [5.74, 6) is 0.984. The van der Waals surface area contributed by atoms with Crippen LogP contribution in [0.1, 0.15) is 12.8 Å². The minimum Gasteiger partial charge on any atom is -0.351 e. The van der Waals surface area contributed by atoms with Crippen molar-refractivity contribution in [3.05, 3.63) is 6.20 Å². The van der Waals surface area contributed by atoms with Crippen molar-refractivity contribution in [1.82, 2.24) is 18.0 Å². The summed E-state index contributed by atoms with van der Waals surface area (Å²) >= 11 is 1.19. The van der Waals surface area contributed by atoms with Gasteiger partial charge in [0.15, 0.2) is 5.82 Å². The molecule has 1 aromatic rings. The SMILES string of the molecule is CS(=O)(=O)N1CCC(C(=O)N2CCN(c3cnsn3)CC2)CC1. The maximum absolute atomic E-state index is 12.6. The van der Waals surface area contributed by atoms with Gasteiger partial charge in [0.25, 0.3) is 0 Å². The summed E-state index contributed by atoms with van der Waals surface area (Å²) in [4.78, 5) is 16.7. The second-order valence-electron chi connectivity index (χ2n) is 6.01. The predicted octanol–water partition coefficient (Wildman–Crippen LogP) is -0.142. The molecule has 1 aromatic heterocycles. The number of nitrogens with zero attached hydrogens (tertiary/aromatic N) is 5. The molecule has 0 N–H and O–H groups in total. The molecule has 0 bridgehead atoms. The molecular weight excluding hydrogens is 338 g/mol. The van der Waals surface area contributed by atoms with Crippen molar-refractivity contribution < 1.29 is 13.2 Å². The first-order valence-electron chi connectivity index (χ1n) is 7.71. The Morgan fingerprint density at radius 3 is 2.35 bits per heavy atom. The van der Waals surface area contributed by atoms with E-state index >= 15 is 0 Å². The summed E-state index contributed by atoms with van der Waals surface area (Å²) in [6.45, 7) is 3.78. The van der Waals surface area contributed by atoms with Crippen molar-refractivity contribution in [1.29, 1.82) is 0 Å². The second kappa shape index (κ2) is 6.70. The van der Waals surface area contributed by atoms with Crippen molar-refractivity contribution in [3.63, 3.8) is 0 Å². The Labute approximate surface area is 140 Å². The zero-order valence-electron chi connectivity index (χ0n) is 13.1. The van der Waals surface area contributed by atoms with Crippen LogP contribution in [0.4, 0.5) is 5.82 Å². The first kappa shape index (κ1) is 16.6. The molecule has 0 radical (unpaired) electrons. The van der Waals surface area contributed by atoms with Crippen molar-refractivity contribution in [2.75, 3.05) is 50.4 Å². The Hall–Kier alpha value is -1.26. The second-order valence-corrected chi connectivity index (χ2v) is 8.55. The van der Waals surface area contributed by atoms with E-state index in [2.05, 4.69) is 13.6 Å². The van der Waals surface area contributed by atoms with Crippen molar-refractivity contribution in [3.8, 4) is 0 Å². The monoisotopic (exact) mass is 359 g/mol. The Kier molecular flexibility index (Phi) is 4.83. The van der Waals surface area contributed by atoms with Crippen LogP contribution in [0.3, 0.4) is 0 Å². The lowest BCUT2D eigenvalue weighted by molar-refractivity contribution is -0.137. The maximum Gasteiger partial charge on any atom is 0.225 e. The van der Waals surface area contributed by atoms with Gasteiger partial charge < -0.3 is 9.80 Å². The quantitative estimate of drug-likeness (QED) is 0.746. The van der Waals surface area contributed by atoms with Crippen molar-refractivity contribution in [2.45, 2.75) is 12.8 Å². The third-order valence-corrected chi connectivity index (χ3v) is 6.31. The van der Waals surface area contributed by atoms with Gasteiger partial charge in [-0.15, -0.1) is 0 Å². The van der Waals surface area contributed by atoms with Gasteiger partial charge in [0.2, 0.25) is 15.9 Å². The van der Waals surface area contributed by atoms with Crippen LogP contribution in [0.5, 0.6) is 0 Å². The van der Waals surface area contributed by atoms with E-state index < -0.39 is 10.0 Å². The van der Waals surface area contributed by atoms with Crippen molar-refractivity contribution >= 4 is 33.5 Å². The molecule has 2 saturated heterocycles. The van der Waals surface area contributed by atoms with Gasteiger partial charge in [-0.3, -0.25) is 4.79 Å². The zero-order valence-corrected chi connectivity index (χ0v) is 14.7. The molecule has 10 heteroatoms. The van der Waals surface area contributed by atoms with Gasteiger partial charge in [-0.2, -0.15) is 8.75 Å². The number of hydrogen-bond donors (Lipinski definition) is 0. The van der Waals surface area contributed by atoms with Gasteiger partial charge in [0.05, 0.1) is 24.2 Å². The third-order valence-electron chi connectivity index (χ3n) is 4.54.